The topological polar surface area (TPSA) is 26.3 Å². The van der Waals surface area contributed by atoms with Crippen LogP contribution < -0.4 is 4.74 Å². The van der Waals surface area contributed by atoms with Gasteiger partial charge >= 0.3 is 0 Å². The summed E-state index contributed by atoms with van der Waals surface area (Å²) >= 11 is 11.7. The number of rotatable bonds is 4. The van der Waals surface area contributed by atoms with Crippen LogP contribution in [0.4, 0.5) is 0 Å². The lowest BCUT2D eigenvalue weighted by molar-refractivity contribution is 0.0921. The second kappa shape index (κ2) is 5.89. The molecule has 4 heteroatoms. The van der Waals surface area contributed by atoms with Gasteiger partial charge in [0.1, 0.15) is 5.75 Å². The predicted molar refractivity (Wildman–Crippen MR) is 72.7 cm³/mol. The second-order valence-corrected chi connectivity index (χ2v) is 4.56. The smallest absolute Gasteiger partial charge is 0.200 e. The third-order valence-electron chi connectivity index (χ3n) is 2.30. The number of ketones is 1. The van der Waals surface area contributed by atoms with E-state index in [4.69, 9.17) is 27.9 Å². The van der Waals surface area contributed by atoms with E-state index in [9.17, 15) is 4.79 Å². The molecular weight excluding hydrogens is 271 g/mol. The first-order chi connectivity index (χ1) is 8.65. The highest BCUT2D eigenvalue weighted by Crippen LogP contribution is 2.19. The summed E-state index contributed by atoms with van der Waals surface area (Å²) in [6.07, 6.45) is 0. The molecule has 0 unspecified atom stereocenters. The first-order valence-electron chi connectivity index (χ1n) is 5.32. The van der Waals surface area contributed by atoms with Gasteiger partial charge in [0.15, 0.2) is 12.4 Å². The molecule has 0 spiro atoms. The number of benzene rings is 2. The van der Waals surface area contributed by atoms with Crippen molar-refractivity contribution in [3.05, 3.63) is 64.1 Å². The Morgan fingerprint density at radius 3 is 2.22 bits per heavy atom. The number of carbonyl (C=O) groups excluding carboxylic acids is 1. The summed E-state index contributed by atoms with van der Waals surface area (Å²) in [5.41, 5.74) is 0.448. The highest BCUT2D eigenvalue weighted by atomic mass is 35.5. The van der Waals surface area contributed by atoms with Crippen LogP contribution in [0, 0.1) is 0 Å². The Bertz CT molecular complexity index is 533. The van der Waals surface area contributed by atoms with Crippen molar-refractivity contribution >= 4 is 29.0 Å². The molecule has 18 heavy (non-hydrogen) atoms. The molecule has 0 fully saturated rings. The van der Waals surface area contributed by atoms with Crippen molar-refractivity contribution in [3.63, 3.8) is 0 Å². The van der Waals surface area contributed by atoms with Crippen LogP contribution in [0.2, 0.25) is 10.0 Å². The SMILES string of the molecule is O=C(COc1ccccc1)c1cc(Cl)cc(Cl)c1. The fraction of sp³-hybridized carbons (Fsp3) is 0.0714. The van der Waals surface area contributed by atoms with Gasteiger partial charge in [0.2, 0.25) is 0 Å². The van der Waals surface area contributed by atoms with E-state index in [1.807, 2.05) is 18.2 Å². The summed E-state index contributed by atoms with van der Waals surface area (Å²) in [5.74, 6) is 0.488. The Balaban J connectivity index is 2.04. The first-order valence-corrected chi connectivity index (χ1v) is 6.08. The van der Waals surface area contributed by atoms with Gasteiger partial charge in [-0.3, -0.25) is 4.79 Å². The van der Waals surface area contributed by atoms with Crippen molar-refractivity contribution in [2.45, 2.75) is 0 Å². The molecule has 0 heterocycles. The van der Waals surface area contributed by atoms with Crippen LogP contribution in [0.3, 0.4) is 0 Å². The number of halogens is 2. The van der Waals surface area contributed by atoms with Gasteiger partial charge in [-0.25, -0.2) is 0 Å². The van der Waals surface area contributed by atoms with Crippen LogP contribution in [0.1, 0.15) is 10.4 Å². The molecular formula is C14H10Cl2O2. The zero-order valence-electron chi connectivity index (χ0n) is 9.40. The van der Waals surface area contributed by atoms with Gasteiger partial charge in [0.25, 0.3) is 0 Å². The Kier molecular flexibility index (Phi) is 4.24. The van der Waals surface area contributed by atoms with Crippen molar-refractivity contribution in [1.82, 2.24) is 0 Å². The van der Waals surface area contributed by atoms with Gasteiger partial charge in [0.05, 0.1) is 0 Å². The minimum Gasteiger partial charge on any atom is -0.485 e. The standard InChI is InChI=1S/C14H10Cl2O2/c15-11-6-10(7-12(16)8-11)14(17)9-18-13-4-2-1-3-5-13/h1-8H,9H2. The number of para-hydroxylation sites is 1. The van der Waals surface area contributed by atoms with Crippen LogP contribution in [0.5, 0.6) is 5.75 Å². The molecule has 0 aliphatic carbocycles. The zero-order valence-corrected chi connectivity index (χ0v) is 10.9. The van der Waals surface area contributed by atoms with Crippen molar-refractivity contribution in [3.8, 4) is 5.75 Å². The summed E-state index contributed by atoms with van der Waals surface area (Å²) in [6.45, 7) is -0.0410. The summed E-state index contributed by atoms with van der Waals surface area (Å²) in [4.78, 5) is 11.9. The zero-order chi connectivity index (χ0) is 13.0. The molecule has 0 aromatic heterocycles. The minimum absolute atomic E-state index is 0.0410. The Labute approximate surface area is 115 Å². The molecule has 0 atom stereocenters. The third kappa shape index (κ3) is 3.49. The Morgan fingerprint density at radius 1 is 1.00 bits per heavy atom. The molecule has 0 N–H and O–H groups in total. The largest absolute Gasteiger partial charge is 0.485 e. The van der Waals surface area contributed by atoms with Gasteiger partial charge in [-0.05, 0) is 30.3 Å². The van der Waals surface area contributed by atoms with Crippen LogP contribution in [0.25, 0.3) is 0 Å². The summed E-state index contributed by atoms with van der Waals surface area (Å²) in [6, 6.07) is 13.9. The van der Waals surface area contributed by atoms with Crippen LogP contribution in [-0.4, -0.2) is 12.4 Å². The summed E-state index contributed by atoms with van der Waals surface area (Å²) in [5, 5.41) is 0.871. The highest BCUT2D eigenvalue weighted by Gasteiger charge is 2.08. The van der Waals surface area contributed by atoms with E-state index in [2.05, 4.69) is 0 Å². The minimum atomic E-state index is -0.164. The number of Topliss-reactive ketones (excluding diaryl/α,β-unsaturated/α-hetero) is 1. The van der Waals surface area contributed by atoms with Crippen molar-refractivity contribution in [1.29, 1.82) is 0 Å². The maximum Gasteiger partial charge on any atom is 0.200 e. The maximum absolute atomic E-state index is 11.9. The molecule has 2 aromatic rings. The Hall–Kier alpha value is -1.51. The van der Waals surface area contributed by atoms with Gasteiger partial charge < -0.3 is 4.74 Å². The van der Waals surface area contributed by atoms with E-state index in [1.165, 1.54) is 0 Å². The molecule has 0 bridgehead atoms. The molecule has 2 aromatic carbocycles. The monoisotopic (exact) mass is 280 g/mol. The fourth-order valence-corrected chi connectivity index (χ4v) is 1.99. The number of hydrogen-bond acceptors (Lipinski definition) is 2. The van der Waals surface area contributed by atoms with Crippen molar-refractivity contribution < 1.29 is 9.53 Å². The normalized spacial score (nSPS) is 10.1. The Morgan fingerprint density at radius 2 is 1.61 bits per heavy atom. The third-order valence-corrected chi connectivity index (χ3v) is 2.73. The summed E-state index contributed by atoms with van der Waals surface area (Å²) < 4.78 is 5.37. The number of carbonyl (C=O) groups is 1. The lowest BCUT2D eigenvalue weighted by Gasteiger charge is -2.06. The molecule has 0 saturated heterocycles. The van der Waals surface area contributed by atoms with Crippen LogP contribution >= 0.6 is 23.2 Å². The van der Waals surface area contributed by atoms with Crippen molar-refractivity contribution in [2.75, 3.05) is 6.61 Å². The van der Waals surface area contributed by atoms with Crippen molar-refractivity contribution in [2.24, 2.45) is 0 Å². The lowest BCUT2D eigenvalue weighted by Crippen LogP contribution is -2.11. The average molecular weight is 281 g/mol. The molecule has 0 amide bonds. The van der Waals surface area contributed by atoms with E-state index in [0.717, 1.165) is 0 Å². The van der Waals surface area contributed by atoms with Crippen LogP contribution in [0.15, 0.2) is 48.5 Å². The molecule has 92 valence electrons. The highest BCUT2D eigenvalue weighted by molar-refractivity contribution is 6.35. The van der Waals surface area contributed by atoms with E-state index in [1.54, 1.807) is 30.3 Å². The summed E-state index contributed by atoms with van der Waals surface area (Å²) in [7, 11) is 0. The maximum atomic E-state index is 11.9. The van der Waals surface area contributed by atoms with Gasteiger partial charge in [-0.2, -0.15) is 0 Å². The lowest BCUT2D eigenvalue weighted by atomic mass is 10.1. The van der Waals surface area contributed by atoms with E-state index in [-0.39, 0.29) is 12.4 Å². The van der Waals surface area contributed by atoms with Crippen LogP contribution in [-0.2, 0) is 0 Å². The number of hydrogen-bond donors (Lipinski definition) is 0. The molecule has 2 rings (SSSR count). The van der Waals surface area contributed by atoms with Gasteiger partial charge in [0, 0.05) is 15.6 Å². The fourth-order valence-electron chi connectivity index (χ4n) is 1.46. The predicted octanol–water partition coefficient (Wildman–Crippen LogP) is 4.26. The molecule has 0 aliphatic rings. The van der Waals surface area contributed by atoms with Gasteiger partial charge in [-0.15, -0.1) is 0 Å². The van der Waals surface area contributed by atoms with E-state index >= 15 is 0 Å². The van der Waals surface area contributed by atoms with E-state index < -0.39 is 0 Å². The molecule has 0 saturated carbocycles. The molecule has 0 radical (unpaired) electrons. The first kappa shape index (κ1) is 12.9. The second-order valence-electron chi connectivity index (χ2n) is 3.68. The van der Waals surface area contributed by atoms with Gasteiger partial charge in [-0.1, -0.05) is 41.4 Å². The molecule has 0 aliphatic heterocycles. The number of ether oxygens (including phenoxy) is 1. The quantitative estimate of drug-likeness (QED) is 0.783. The van der Waals surface area contributed by atoms with E-state index in [0.29, 0.717) is 21.4 Å². The molecule has 2 nitrogen and oxygen atoms in total. The average Bonchev–Trinajstić information content (AvgIpc) is 2.36.